The molecule has 0 aliphatic heterocycles. The predicted octanol–water partition coefficient (Wildman–Crippen LogP) is 4.06. The Balaban J connectivity index is 2.35. The normalized spacial score (nSPS) is 12.2. The van der Waals surface area contributed by atoms with Crippen LogP contribution in [0.1, 0.15) is 30.5 Å². The molecule has 2 rings (SSSR count). The van der Waals surface area contributed by atoms with E-state index in [2.05, 4.69) is 12.2 Å². The molecule has 21 heavy (non-hydrogen) atoms. The van der Waals surface area contributed by atoms with Crippen molar-refractivity contribution in [2.75, 3.05) is 13.7 Å². The van der Waals surface area contributed by atoms with Gasteiger partial charge in [0, 0.05) is 0 Å². The molecule has 1 N–H and O–H groups in total. The van der Waals surface area contributed by atoms with Gasteiger partial charge in [-0.3, -0.25) is 0 Å². The molecule has 4 heteroatoms. The smallest absolute Gasteiger partial charge is 0.165 e. The number of hydrogen-bond donors (Lipinski definition) is 1. The lowest BCUT2D eigenvalue weighted by Crippen LogP contribution is -2.23. The quantitative estimate of drug-likeness (QED) is 0.866. The first-order chi connectivity index (χ1) is 10.2. The molecule has 0 aliphatic carbocycles. The van der Waals surface area contributed by atoms with Crippen molar-refractivity contribution in [3.8, 4) is 5.75 Å². The Morgan fingerprint density at radius 1 is 1.05 bits per heavy atom. The number of hydrogen-bond acceptors (Lipinski definition) is 2. The Morgan fingerprint density at radius 3 is 2.29 bits per heavy atom. The van der Waals surface area contributed by atoms with E-state index in [0.29, 0.717) is 0 Å². The summed E-state index contributed by atoms with van der Waals surface area (Å²) in [5.74, 6) is -0.471. The fraction of sp³-hybridized carbons (Fsp3) is 0.294. The second-order valence-electron chi connectivity index (χ2n) is 4.83. The van der Waals surface area contributed by atoms with Gasteiger partial charge in [0.2, 0.25) is 0 Å². The van der Waals surface area contributed by atoms with Gasteiger partial charge in [-0.2, -0.15) is 0 Å². The minimum Gasteiger partial charge on any atom is -0.494 e. The minimum absolute atomic E-state index is 0.175. The Kier molecular flexibility index (Phi) is 5.28. The fourth-order valence-electron chi connectivity index (χ4n) is 2.23. The molecule has 1 atom stereocenters. The summed E-state index contributed by atoms with van der Waals surface area (Å²) in [4.78, 5) is 0. The van der Waals surface area contributed by atoms with Gasteiger partial charge in [0.1, 0.15) is 5.82 Å². The summed E-state index contributed by atoms with van der Waals surface area (Å²) in [5, 5.41) is 3.36. The van der Waals surface area contributed by atoms with E-state index >= 15 is 0 Å². The zero-order chi connectivity index (χ0) is 15.2. The maximum atomic E-state index is 13.9. The van der Waals surface area contributed by atoms with Gasteiger partial charge in [-0.15, -0.1) is 0 Å². The molecule has 0 aromatic heterocycles. The van der Waals surface area contributed by atoms with Crippen molar-refractivity contribution in [2.45, 2.75) is 19.4 Å². The van der Waals surface area contributed by atoms with Gasteiger partial charge in [-0.1, -0.05) is 25.1 Å². The Morgan fingerprint density at radius 2 is 1.71 bits per heavy atom. The molecular weight excluding hydrogens is 272 g/mol. The summed E-state index contributed by atoms with van der Waals surface area (Å²) in [5.41, 5.74) is 1.68. The van der Waals surface area contributed by atoms with Crippen molar-refractivity contribution in [3.63, 3.8) is 0 Å². The van der Waals surface area contributed by atoms with E-state index in [-0.39, 0.29) is 17.6 Å². The van der Waals surface area contributed by atoms with Crippen molar-refractivity contribution >= 4 is 0 Å². The summed E-state index contributed by atoms with van der Waals surface area (Å²) in [6.07, 6.45) is 0.955. The maximum absolute atomic E-state index is 13.9. The lowest BCUT2D eigenvalue weighted by Gasteiger charge is -2.20. The van der Waals surface area contributed by atoms with Gasteiger partial charge in [0.25, 0.3) is 0 Å². The van der Waals surface area contributed by atoms with Crippen LogP contribution >= 0.6 is 0 Å². The molecule has 2 aromatic rings. The molecule has 0 radical (unpaired) electrons. The fourth-order valence-corrected chi connectivity index (χ4v) is 2.23. The average molecular weight is 291 g/mol. The number of nitrogens with one attached hydrogen (secondary N) is 1. The Hall–Kier alpha value is -1.94. The number of methoxy groups -OCH3 is 1. The standard InChI is InChI=1S/C17H19F2NO/c1-3-10-20-17(12-4-7-14(18)8-5-12)13-6-9-16(21-2)15(19)11-13/h4-9,11,17,20H,3,10H2,1-2H3. The van der Waals surface area contributed by atoms with Crippen molar-refractivity contribution in [1.29, 1.82) is 0 Å². The number of rotatable bonds is 6. The van der Waals surface area contributed by atoms with Gasteiger partial charge in [0.15, 0.2) is 11.6 Å². The van der Waals surface area contributed by atoms with Crippen LogP contribution in [0.5, 0.6) is 5.75 Å². The zero-order valence-electron chi connectivity index (χ0n) is 12.2. The molecule has 0 bridgehead atoms. The van der Waals surface area contributed by atoms with Crippen LogP contribution in [0.3, 0.4) is 0 Å². The van der Waals surface area contributed by atoms with E-state index in [0.717, 1.165) is 24.1 Å². The topological polar surface area (TPSA) is 21.3 Å². The molecule has 0 spiro atoms. The van der Waals surface area contributed by atoms with E-state index in [1.54, 1.807) is 18.2 Å². The summed E-state index contributed by atoms with van der Waals surface area (Å²) in [7, 11) is 1.44. The molecule has 0 aliphatic rings. The SMILES string of the molecule is CCCNC(c1ccc(F)cc1)c1ccc(OC)c(F)c1. The molecule has 2 aromatic carbocycles. The molecule has 0 fully saturated rings. The molecule has 0 saturated carbocycles. The highest BCUT2D eigenvalue weighted by Gasteiger charge is 2.15. The van der Waals surface area contributed by atoms with Gasteiger partial charge in [0.05, 0.1) is 13.2 Å². The Bertz CT molecular complexity index is 584. The highest BCUT2D eigenvalue weighted by molar-refractivity contribution is 5.36. The van der Waals surface area contributed by atoms with Crippen LogP contribution in [0, 0.1) is 11.6 Å². The average Bonchev–Trinajstić information content (AvgIpc) is 2.49. The largest absolute Gasteiger partial charge is 0.494 e. The molecule has 112 valence electrons. The Labute approximate surface area is 123 Å². The third kappa shape index (κ3) is 3.79. The van der Waals surface area contributed by atoms with Crippen molar-refractivity contribution in [1.82, 2.24) is 5.32 Å². The van der Waals surface area contributed by atoms with Gasteiger partial charge in [-0.25, -0.2) is 8.78 Å². The van der Waals surface area contributed by atoms with E-state index in [9.17, 15) is 8.78 Å². The molecular formula is C17H19F2NO. The number of halogens is 2. The molecule has 0 heterocycles. The third-order valence-electron chi connectivity index (χ3n) is 3.31. The maximum Gasteiger partial charge on any atom is 0.165 e. The highest BCUT2D eigenvalue weighted by Crippen LogP contribution is 2.26. The van der Waals surface area contributed by atoms with E-state index in [1.165, 1.54) is 25.3 Å². The van der Waals surface area contributed by atoms with Gasteiger partial charge < -0.3 is 10.1 Å². The number of benzene rings is 2. The minimum atomic E-state index is -0.402. The monoisotopic (exact) mass is 291 g/mol. The highest BCUT2D eigenvalue weighted by atomic mass is 19.1. The van der Waals surface area contributed by atoms with Crippen molar-refractivity contribution in [3.05, 3.63) is 65.2 Å². The molecule has 2 nitrogen and oxygen atoms in total. The van der Waals surface area contributed by atoms with Crippen LogP contribution in [-0.4, -0.2) is 13.7 Å². The van der Waals surface area contributed by atoms with Crippen molar-refractivity contribution < 1.29 is 13.5 Å². The summed E-state index contributed by atoms with van der Waals surface area (Å²) < 4.78 is 31.9. The van der Waals surface area contributed by atoms with Crippen molar-refractivity contribution in [2.24, 2.45) is 0 Å². The lowest BCUT2D eigenvalue weighted by molar-refractivity contribution is 0.385. The van der Waals surface area contributed by atoms with E-state index in [4.69, 9.17) is 4.74 Å². The van der Waals surface area contributed by atoms with Crippen LogP contribution in [0.25, 0.3) is 0 Å². The van der Waals surface area contributed by atoms with Crippen LogP contribution in [0.15, 0.2) is 42.5 Å². The second kappa shape index (κ2) is 7.18. The summed E-state index contributed by atoms with van der Waals surface area (Å²) in [6.45, 7) is 2.85. The third-order valence-corrected chi connectivity index (χ3v) is 3.31. The first-order valence-electron chi connectivity index (χ1n) is 6.98. The van der Waals surface area contributed by atoms with Gasteiger partial charge in [-0.05, 0) is 48.4 Å². The second-order valence-corrected chi connectivity index (χ2v) is 4.83. The summed E-state index contributed by atoms with van der Waals surface area (Å²) in [6, 6.07) is 11.0. The summed E-state index contributed by atoms with van der Waals surface area (Å²) >= 11 is 0. The van der Waals surface area contributed by atoms with Crippen LogP contribution in [-0.2, 0) is 0 Å². The van der Waals surface area contributed by atoms with Crippen LogP contribution < -0.4 is 10.1 Å². The predicted molar refractivity (Wildman–Crippen MR) is 79.5 cm³/mol. The first kappa shape index (κ1) is 15.4. The van der Waals surface area contributed by atoms with E-state index in [1.807, 2.05) is 6.07 Å². The first-order valence-corrected chi connectivity index (χ1v) is 6.98. The number of ether oxygens (including phenoxy) is 1. The van der Waals surface area contributed by atoms with Gasteiger partial charge >= 0.3 is 0 Å². The molecule has 0 saturated heterocycles. The van der Waals surface area contributed by atoms with E-state index < -0.39 is 5.82 Å². The van der Waals surface area contributed by atoms with Crippen LogP contribution in [0.2, 0.25) is 0 Å². The van der Waals surface area contributed by atoms with Crippen LogP contribution in [0.4, 0.5) is 8.78 Å². The lowest BCUT2D eigenvalue weighted by atomic mass is 9.98. The molecule has 0 amide bonds. The molecule has 1 unspecified atom stereocenters. The zero-order valence-corrected chi connectivity index (χ0v) is 12.2.